The van der Waals surface area contributed by atoms with Gasteiger partial charge in [-0.05, 0) is 37.7 Å². The van der Waals surface area contributed by atoms with Gasteiger partial charge in [-0.2, -0.15) is 0 Å². The molecule has 1 aromatic carbocycles. The first-order chi connectivity index (χ1) is 8.79. The number of likely N-dealkylation sites (N-methyl/N-ethyl adjacent to an activating group) is 1. The fourth-order valence-corrected chi connectivity index (χ4v) is 2.28. The zero-order valence-electron chi connectivity index (χ0n) is 10.7. The molecule has 4 nitrogen and oxygen atoms in total. The monoisotopic (exact) mass is 243 g/mol. The summed E-state index contributed by atoms with van der Waals surface area (Å²) in [7, 11) is 2.14. The minimum Gasteiger partial charge on any atom is -0.443 e. The average molecular weight is 243 g/mol. The summed E-state index contributed by atoms with van der Waals surface area (Å²) in [5.41, 5.74) is 4.26. The second kappa shape index (κ2) is 4.46. The molecular weight excluding hydrogens is 226 g/mol. The molecule has 0 spiro atoms. The third-order valence-electron chi connectivity index (χ3n) is 3.53. The Hall–Kier alpha value is -1.81. The van der Waals surface area contributed by atoms with Gasteiger partial charge < -0.3 is 14.3 Å². The maximum Gasteiger partial charge on any atom is 0.182 e. The van der Waals surface area contributed by atoms with Gasteiger partial charge >= 0.3 is 0 Å². The van der Waals surface area contributed by atoms with Gasteiger partial charge in [0.1, 0.15) is 5.52 Å². The molecule has 3 aromatic rings. The van der Waals surface area contributed by atoms with Crippen LogP contribution in [-0.2, 0) is 6.42 Å². The van der Waals surface area contributed by atoms with Crippen LogP contribution in [0, 0.1) is 0 Å². The number of aromatic amines is 1. The molecular formula is C14H17N3O. The maximum atomic E-state index is 5.36. The van der Waals surface area contributed by atoms with Gasteiger partial charge in [-0.1, -0.05) is 6.92 Å². The molecule has 0 fully saturated rings. The van der Waals surface area contributed by atoms with E-state index in [0.29, 0.717) is 0 Å². The van der Waals surface area contributed by atoms with E-state index >= 15 is 0 Å². The van der Waals surface area contributed by atoms with Crippen molar-refractivity contribution in [1.82, 2.24) is 14.9 Å². The molecule has 0 atom stereocenters. The van der Waals surface area contributed by atoms with Crippen molar-refractivity contribution in [1.29, 1.82) is 0 Å². The number of fused-ring (bicyclic) bond motifs is 3. The fourth-order valence-electron chi connectivity index (χ4n) is 2.28. The molecule has 1 N–H and O–H groups in total. The van der Waals surface area contributed by atoms with Crippen LogP contribution in [0.15, 0.2) is 29.1 Å². The highest BCUT2D eigenvalue weighted by molar-refractivity contribution is 6.04. The number of rotatable bonds is 4. The van der Waals surface area contributed by atoms with Gasteiger partial charge in [-0.15, -0.1) is 0 Å². The Kier molecular flexibility index (Phi) is 2.80. The summed E-state index contributed by atoms with van der Waals surface area (Å²) in [5.74, 6) is 0. The number of H-pyrrole nitrogens is 1. The first-order valence-electron chi connectivity index (χ1n) is 6.30. The second-order valence-electron chi connectivity index (χ2n) is 4.65. The van der Waals surface area contributed by atoms with Crippen molar-refractivity contribution in [2.24, 2.45) is 0 Å². The predicted molar refractivity (Wildman–Crippen MR) is 72.7 cm³/mol. The maximum absolute atomic E-state index is 5.36. The fraction of sp³-hybridized carbons (Fsp3) is 0.357. The molecule has 4 heteroatoms. The lowest BCUT2D eigenvalue weighted by atomic mass is 10.1. The van der Waals surface area contributed by atoms with Crippen LogP contribution in [-0.4, -0.2) is 35.0 Å². The topological polar surface area (TPSA) is 45.1 Å². The molecule has 0 aliphatic heterocycles. The molecule has 0 saturated carbocycles. The molecule has 3 rings (SSSR count). The van der Waals surface area contributed by atoms with Crippen LogP contribution < -0.4 is 0 Å². The van der Waals surface area contributed by atoms with Gasteiger partial charge in [0.15, 0.2) is 12.0 Å². The Morgan fingerprint density at radius 3 is 3.11 bits per heavy atom. The number of hydrogen-bond donors (Lipinski definition) is 1. The van der Waals surface area contributed by atoms with Crippen molar-refractivity contribution < 1.29 is 4.42 Å². The lowest BCUT2D eigenvalue weighted by Gasteiger charge is -2.12. The third-order valence-corrected chi connectivity index (χ3v) is 3.53. The van der Waals surface area contributed by atoms with Crippen LogP contribution in [0.1, 0.15) is 12.5 Å². The minimum atomic E-state index is 0.854. The van der Waals surface area contributed by atoms with Crippen LogP contribution in [0.2, 0.25) is 0 Å². The van der Waals surface area contributed by atoms with E-state index in [1.54, 1.807) is 0 Å². The molecule has 0 unspecified atom stereocenters. The van der Waals surface area contributed by atoms with E-state index in [1.165, 1.54) is 17.3 Å². The number of hydrogen-bond acceptors (Lipinski definition) is 3. The Morgan fingerprint density at radius 2 is 2.28 bits per heavy atom. The molecule has 0 saturated heterocycles. The number of oxazole rings is 1. The Balaban J connectivity index is 2.03. The van der Waals surface area contributed by atoms with E-state index in [-0.39, 0.29) is 0 Å². The first kappa shape index (κ1) is 11.3. The molecule has 2 heterocycles. The van der Waals surface area contributed by atoms with Gasteiger partial charge in [0.05, 0.1) is 0 Å². The highest BCUT2D eigenvalue weighted by Gasteiger charge is 2.11. The Labute approximate surface area is 106 Å². The number of nitrogens with one attached hydrogen (secondary N) is 1. The molecule has 0 radical (unpaired) electrons. The summed E-state index contributed by atoms with van der Waals surface area (Å²) < 4.78 is 5.36. The number of aromatic nitrogens is 2. The van der Waals surface area contributed by atoms with Gasteiger partial charge in [0, 0.05) is 23.6 Å². The second-order valence-corrected chi connectivity index (χ2v) is 4.65. The van der Waals surface area contributed by atoms with Crippen LogP contribution in [0.4, 0.5) is 0 Å². The van der Waals surface area contributed by atoms with E-state index in [9.17, 15) is 0 Å². The van der Waals surface area contributed by atoms with Crippen LogP contribution in [0.3, 0.4) is 0 Å². The van der Waals surface area contributed by atoms with E-state index in [4.69, 9.17) is 4.42 Å². The normalized spacial score (nSPS) is 11.9. The SMILES string of the molecule is CCN(C)CCc1c[nH]c2ccc3ocnc3c12. The summed E-state index contributed by atoms with van der Waals surface area (Å²) in [5, 5.41) is 1.20. The average Bonchev–Trinajstić information content (AvgIpc) is 3.01. The van der Waals surface area contributed by atoms with Crippen molar-refractivity contribution in [2.45, 2.75) is 13.3 Å². The van der Waals surface area contributed by atoms with Gasteiger partial charge in [-0.25, -0.2) is 4.98 Å². The molecule has 0 aliphatic rings. The number of benzene rings is 1. The van der Waals surface area contributed by atoms with Crippen LogP contribution in [0.5, 0.6) is 0 Å². The highest BCUT2D eigenvalue weighted by atomic mass is 16.3. The molecule has 0 amide bonds. The van der Waals surface area contributed by atoms with E-state index in [1.807, 2.05) is 6.07 Å². The van der Waals surface area contributed by atoms with Crippen molar-refractivity contribution in [2.75, 3.05) is 20.1 Å². The predicted octanol–water partition coefficient (Wildman–Crippen LogP) is 2.80. The molecule has 2 aromatic heterocycles. The van der Waals surface area contributed by atoms with Crippen LogP contribution in [0.25, 0.3) is 22.0 Å². The van der Waals surface area contributed by atoms with E-state index in [2.05, 4.69) is 41.1 Å². The first-order valence-corrected chi connectivity index (χ1v) is 6.30. The van der Waals surface area contributed by atoms with Crippen LogP contribution >= 0.6 is 0 Å². The van der Waals surface area contributed by atoms with Gasteiger partial charge in [-0.3, -0.25) is 0 Å². The minimum absolute atomic E-state index is 0.854. The highest BCUT2D eigenvalue weighted by Crippen LogP contribution is 2.27. The largest absolute Gasteiger partial charge is 0.443 e. The lowest BCUT2D eigenvalue weighted by molar-refractivity contribution is 0.358. The number of nitrogens with zero attached hydrogens (tertiary/aromatic N) is 2. The van der Waals surface area contributed by atoms with Crippen molar-refractivity contribution in [3.05, 3.63) is 30.3 Å². The zero-order valence-corrected chi connectivity index (χ0v) is 10.7. The summed E-state index contributed by atoms with van der Waals surface area (Å²) >= 11 is 0. The zero-order chi connectivity index (χ0) is 12.5. The summed E-state index contributed by atoms with van der Waals surface area (Å²) in [6.45, 7) is 4.30. The molecule has 0 aliphatic carbocycles. The molecule has 94 valence electrons. The third kappa shape index (κ3) is 1.78. The van der Waals surface area contributed by atoms with Gasteiger partial charge in [0.2, 0.25) is 0 Å². The van der Waals surface area contributed by atoms with E-state index < -0.39 is 0 Å². The standard InChI is InChI=1S/C14H17N3O/c1-3-17(2)7-6-10-8-15-11-4-5-12-14(13(10)11)16-9-18-12/h4-5,8-9,15H,3,6-7H2,1-2H3. The quantitative estimate of drug-likeness (QED) is 0.766. The Morgan fingerprint density at radius 1 is 1.39 bits per heavy atom. The molecule has 0 bridgehead atoms. The molecule has 18 heavy (non-hydrogen) atoms. The van der Waals surface area contributed by atoms with Crippen molar-refractivity contribution in [3.63, 3.8) is 0 Å². The van der Waals surface area contributed by atoms with Crippen molar-refractivity contribution in [3.8, 4) is 0 Å². The smallest absolute Gasteiger partial charge is 0.182 e. The van der Waals surface area contributed by atoms with E-state index in [0.717, 1.165) is 36.1 Å². The summed E-state index contributed by atoms with van der Waals surface area (Å²) in [4.78, 5) is 9.95. The Bertz CT molecular complexity index is 668. The summed E-state index contributed by atoms with van der Waals surface area (Å²) in [6.07, 6.45) is 4.62. The van der Waals surface area contributed by atoms with Gasteiger partial charge in [0.25, 0.3) is 0 Å². The van der Waals surface area contributed by atoms with Crippen molar-refractivity contribution >= 4 is 22.0 Å². The lowest BCUT2D eigenvalue weighted by Crippen LogP contribution is -2.20. The summed E-state index contributed by atoms with van der Waals surface area (Å²) in [6, 6.07) is 4.01.